The molecular weight excluding hydrogens is 280 g/mol. The molecule has 1 aromatic carbocycles. The Labute approximate surface area is 129 Å². The lowest BCUT2D eigenvalue weighted by molar-refractivity contribution is 0.214. The second kappa shape index (κ2) is 6.51. The van der Waals surface area contributed by atoms with E-state index in [1.807, 2.05) is 37.6 Å². The molecule has 2 amide bonds. The third-order valence-electron chi connectivity index (χ3n) is 3.66. The molecule has 2 heterocycles. The van der Waals surface area contributed by atoms with Crippen molar-refractivity contribution >= 4 is 6.03 Å². The quantitative estimate of drug-likeness (QED) is 0.873. The first-order chi connectivity index (χ1) is 10.7. The maximum atomic E-state index is 11.8. The van der Waals surface area contributed by atoms with Gasteiger partial charge < -0.3 is 15.4 Å². The Morgan fingerprint density at radius 1 is 1.41 bits per heavy atom. The lowest BCUT2D eigenvalue weighted by Crippen LogP contribution is -2.41. The summed E-state index contributed by atoms with van der Waals surface area (Å²) in [6, 6.07) is 7.82. The van der Waals surface area contributed by atoms with Crippen molar-refractivity contribution in [2.75, 3.05) is 13.1 Å². The molecule has 1 aromatic heterocycles. The van der Waals surface area contributed by atoms with Gasteiger partial charge in [-0.1, -0.05) is 18.2 Å². The van der Waals surface area contributed by atoms with Crippen LogP contribution in [0.15, 0.2) is 36.7 Å². The molecule has 0 saturated carbocycles. The lowest BCUT2D eigenvalue weighted by atomic mass is 10.1. The Morgan fingerprint density at radius 2 is 2.27 bits per heavy atom. The molecular formula is C16H20N4O2. The predicted octanol–water partition coefficient (Wildman–Crippen LogP) is 1.27. The molecule has 3 rings (SSSR count). The molecule has 6 nitrogen and oxygen atoms in total. The summed E-state index contributed by atoms with van der Waals surface area (Å²) >= 11 is 0. The highest BCUT2D eigenvalue weighted by molar-refractivity contribution is 5.73. The Morgan fingerprint density at radius 3 is 3.05 bits per heavy atom. The molecule has 0 radical (unpaired) electrons. The number of fused-ring (bicyclic) bond motifs is 1. The Balaban J connectivity index is 1.35. The minimum absolute atomic E-state index is 0.0153. The molecule has 2 N–H and O–H groups in total. The van der Waals surface area contributed by atoms with E-state index in [1.165, 1.54) is 5.56 Å². The molecule has 1 atom stereocenters. The standard InChI is InChI=1S/C16H20N4O2/c1-20-11-12(9-19-20)6-7-17-16(21)18-10-14-8-13-4-2-3-5-15(13)22-14/h2-5,9,11,14H,6-8,10H2,1H3,(H2,17,18,21). The molecule has 1 aliphatic heterocycles. The summed E-state index contributed by atoms with van der Waals surface area (Å²) in [5.41, 5.74) is 2.31. The zero-order chi connectivity index (χ0) is 15.4. The highest BCUT2D eigenvalue weighted by atomic mass is 16.5. The minimum Gasteiger partial charge on any atom is -0.488 e. The smallest absolute Gasteiger partial charge is 0.314 e. The van der Waals surface area contributed by atoms with E-state index in [0.29, 0.717) is 13.1 Å². The molecule has 0 bridgehead atoms. The molecule has 0 saturated heterocycles. The van der Waals surface area contributed by atoms with Crippen LogP contribution >= 0.6 is 0 Å². The van der Waals surface area contributed by atoms with E-state index in [9.17, 15) is 4.79 Å². The third-order valence-corrected chi connectivity index (χ3v) is 3.66. The predicted molar refractivity (Wildman–Crippen MR) is 82.9 cm³/mol. The van der Waals surface area contributed by atoms with Crippen molar-refractivity contribution in [3.8, 4) is 5.75 Å². The molecule has 1 unspecified atom stereocenters. The normalized spacial score (nSPS) is 16.0. The second-order valence-electron chi connectivity index (χ2n) is 5.46. The van der Waals surface area contributed by atoms with Crippen LogP contribution in [0.25, 0.3) is 0 Å². The zero-order valence-electron chi connectivity index (χ0n) is 12.6. The van der Waals surface area contributed by atoms with Crippen molar-refractivity contribution in [1.82, 2.24) is 20.4 Å². The van der Waals surface area contributed by atoms with Crippen LogP contribution in [0.4, 0.5) is 4.79 Å². The van der Waals surface area contributed by atoms with Crippen LogP contribution in [-0.2, 0) is 19.9 Å². The van der Waals surface area contributed by atoms with Gasteiger partial charge in [0.25, 0.3) is 0 Å². The number of amides is 2. The second-order valence-corrected chi connectivity index (χ2v) is 5.46. The number of nitrogens with one attached hydrogen (secondary N) is 2. The van der Waals surface area contributed by atoms with E-state index in [0.717, 1.165) is 24.2 Å². The summed E-state index contributed by atoms with van der Waals surface area (Å²) < 4.78 is 7.53. The number of benzene rings is 1. The van der Waals surface area contributed by atoms with Crippen LogP contribution in [0.2, 0.25) is 0 Å². The van der Waals surface area contributed by atoms with Gasteiger partial charge in [0.2, 0.25) is 0 Å². The number of urea groups is 1. The van der Waals surface area contributed by atoms with E-state index in [2.05, 4.69) is 21.8 Å². The number of ether oxygens (including phenoxy) is 1. The number of carbonyl (C=O) groups excluding carboxylic acids is 1. The van der Waals surface area contributed by atoms with Gasteiger partial charge in [-0.25, -0.2) is 4.79 Å². The van der Waals surface area contributed by atoms with Gasteiger partial charge >= 0.3 is 6.03 Å². The van der Waals surface area contributed by atoms with Crippen LogP contribution in [0, 0.1) is 0 Å². The average molecular weight is 300 g/mol. The largest absolute Gasteiger partial charge is 0.488 e. The third kappa shape index (κ3) is 3.58. The van der Waals surface area contributed by atoms with Crippen molar-refractivity contribution in [2.24, 2.45) is 7.05 Å². The summed E-state index contributed by atoms with van der Waals surface area (Å²) in [7, 11) is 1.88. The van der Waals surface area contributed by atoms with Crippen LogP contribution in [-0.4, -0.2) is 35.0 Å². The fourth-order valence-corrected chi connectivity index (χ4v) is 2.56. The van der Waals surface area contributed by atoms with Gasteiger partial charge in [0, 0.05) is 26.2 Å². The number of aryl methyl sites for hydroxylation is 1. The molecule has 0 fully saturated rings. The number of rotatable bonds is 5. The van der Waals surface area contributed by atoms with Gasteiger partial charge in [-0.2, -0.15) is 5.10 Å². The summed E-state index contributed by atoms with van der Waals surface area (Å²) in [6.45, 7) is 1.09. The maximum absolute atomic E-state index is 11.8. The van der Waals surface area contributed by atoms with Gasteiger partial charge in [-0.15, -0.1) is 0 Å². The summed E-state index contributed by atoms with van der Waals surface area (Å²) in [5, 5.41) is 9.79. The number of hydrogen-bond acceptors (Lipinski definition) is 3. The first-order valence-corrected chi connectivity index (χ1v) is 7.44. The molecule has 0 spiro atoms. The monoisotopic (exact) mass is 300 g/mol. The van der Waals surface area contributed by atoms with Crippen LogP contribution < -0.4 is 15.4 Å². The van der Waals surface area contributed by atoms with Crippen LogP contribution in [0.3, 0.4) is 0 Å². The molecule has 2 aromatic rings. The average Bonchev–Trinajstić information content (AvgIpc) is 3.11. The fourth-order valence-electron chi connectivity index (χ4n) is 2.56. The number of hydrogen-bond donors (Lipinski definition) is 2. The van der Waals surface area contributed by atoms with Gasteiger partial charge in [-0.3, -0.25) is 4.68 Å². The Kier molecular flexibility index (Phi) is 4.27. The number of para-hydroxylation sites is 1. The fraction of sp³-hybridized carbons (Fsp3) is 0.375. The number of carbonyl (C=O) groups is 1. The van der Waals surface area contributed by atoms with Crippen LogP contribution in [0.5, 0.6) is 5.75 Å². The SMILES string of the molecule is Cn1cc(CCNC(=O)NCC2Cc3ccccc3O2)cn1. The summed E-state index contributed by atoms with van der Waals surface area (Å²) in [5.74, 6) is 0.922. The van der Waals surface area contributed by atoms with Gasteiger partial charge in [-0.05, 0) is 23.6 Å². The first-order valence-electron chi connectivity index (χ1n) is 7.44. The number of nitrogens with zero attached hydrogens (tertiary/aromatic N) is 2. The van der Waals surface area contributed by atoms with Crippen molar-refractivity contribution < 1.29 is 9.53 Å². The molecule has 0 aliphatic carbocycles. The molecule has 22 heavy (non-hydrogen) atoms. The first kappa shape index (κ1) is 14.4. The minimum atomic E-state index is -0.163. The van der Waals surface area contributed by atoms with E-state index in [1.54, 1.807) is 4.68 Å². The molecule has 116 valence electrons. The highest BCUT2D eigenvalue weighted by Crippen LogP contribution is 2.27. The highest BCUT2D eigenvalue weighted by Gasteiger charge is 2.22. The molecule has 6 heteroatoms. The summed E-state index contributed by atoms with van der Waals surface area (Å²) in [6.07, 6.45) is 5.38. The van der Waals surface area contributed by atoms with Crippen molar-refractivity contribution in [3.63, 3.8) is 0 Å². The Hall–Kier alpha value is -2.50. The van der Waals surface area contributed by atoms with Gasteiger partial charge in [0.05, 0.1) is 12.7 Å². The van der Waals surface area contributed by atoms with Crippen molar-refractivity contribution in [1.29, 1.82) is 0 Å². The van der Waals surface area contributed by atoms with E-state index in [-0.39, 0.29) is 12.1 Å². The van der Waals surface area contributed by atoms with Crippen LogP contribution in [0.1, 0.15) is 11.1 Å². The lowest BCUT2D eigenvalue weighted by Gasteiger charge is -2.12. The van der Waals surface area contributed by atoms with Gasteiger partial charge in [0.15, 0.2) is 0 Å². The molecule has 1 aliphatic rings. The van der Waals surface area contributed by atoms with E-state index >= 15 is 0 Å². The van der Waals surface area contributed by atoms with Crippen molar-refractivity contribution in [2.45, 2.75) is 18.9 Å². The Bertz CT molecular complexity index is 628. The maximum Gasteiger partial charge on any atom is 0.314 e. The topological polar surface area (TPSA) is 68.2 Å². The van der Waals surface area contributed by atoms with Gasteiger partial charge in [0.1, 0.15) is 11.9 Å². The van der Waals surface area contributed by atoms with E-state index in [4.69, 9.17) is 4.74 Å². The zero-order valence-corrected chi connectivity index (χ0v) is 12.6. The van der Waals surface area contributed by atoms with Crippen molar-refractivity contribution in [3.05, 3.63) is 47.8 Å². The number of aromatic nitrogens is 2. The summed E-state index contributed by atoms with van der Waals surface area (Å²) in [4.78, 5) is 11.8. The van der Waals surface area contributed by atoms with E-state index < -0.39 is 0 Å².